The fourth-order valence-electron chi connectivity index (χ4n) is 4.54. The van der Waals surface area contributed by atoms with Gasteiger partial charge in [0.2, 0.25) is 0 Å². The Kier molecular flexibility index (Phi) is 7.12. The fourth-order valence-corrected chi connectivity index (χ4v) is 4.66. The standard InChI is InChI=1S/C26H31ClN6O2/c1-16-13-17(2)22(14-21(16)25(34)31(4)5)28-26(35)32-12-6-7-23(32)24-30-29-18(3)33(24)15-19-8-10-20(27)11-9-19/h8-11,13-14,23H,6-7,12,15H2,1-5H3,(H,28,35)/t23-/m1/s1. The predicted octanol–water partition coefficient (Wildman–Crippen LogP) is 4.98. The first-order chi connectivity index (χ1) is 16.7. The maximum Gasteiger partial charge on any atom is 0.322 e. The van der Waals surface area contributed by atoms with Crippen molar-refractivity contribution in [1.29, 1.82) is 0 Å². The number of aromatic nitrogens is 3. The molecule has 3 aromatic rings. The summed E-state index contributed by atoms with van der Waals surface area (Å²) in [4.78, 5) is 29.4. The molecule has 2 heterocycles. The van der Waals surface area contributed by atoms with Crippen molar-refractivity contribution in [3.63, 3.8) is 0 Å². The minimum absolute atomic E-state index is 0.0946. The van der Waals surface area contributed by atoms with Crippen LogP contribution in [0.15, 0.2) is 36.4 Å². The molecule has 1 fully saturated rings. The van der Waals surface area contributed by atoms with Crippen LogP contribution in [0.3, 0.4) is 0 Å². The zero-order valence-corrected chi connectivity index (χ0v) is 21.6. The summed E-state index contributed by atoms with van der Waals surface area (Å²) in [5.41, 5.74) is 4.08. The number of urea groups is 1. The van der Waals surface area contributed by atoms with Crippen molar-refractivity contribution in [3.8, 4) is 0 Å². The zero-order chi connectivity index (χ0) is 25.3. The molecule has 0 bridgehead atoms. The lowest BCUT2D eigenvalue weighted by atomic mass is 10.0. The van der Waals surface area contributed by atoms with Gasteiger partial charge in [-0.15, -0.1) is 10.2 Å². The van der Waals surface area contributed by atoms with E-state index in [9.17, 15) is 9.59 Å². The highest BCUT2D eigenvalue weighted by atomic mass is 35.5. The molecule has 0 unspecified atom stereocenters. The maximum absolute atomic E-state index is 13.4. The molecule has 184 valence electrons. The van der Waals surface area contributed by atoms with Gasteiger partial charge in [-0.3, -0.25) is 4.79 Å². The molecule has 0 saturated carbocycles. The average molecular weight is 495 g/mol. The van der Waals surface area contributed by atoms with Gasteiger partial charge in [0.1, 0.15) is 5.82 Å². The van der Waals surface area contributed by atoms with Crippen LogP contribution in [0.4, 0.5) is 10.5 Å². The summed E-state index contributed by atoms with van der Waals surface area (Å²) in [6.45, 7) is 6.98. The second kappa shape index (κ2) is 10.1. The summed E-state index contributed by atoms with van der Waals surface area (Å²) in [6.07, 6.45) is 1.69. The number of anilines is 1. The number of carbonyl (C=O) groups excluding carboxylic acids is 2. The van der Waals surface area contributed by atoms with E-state index < -0.39 is 0 Å². The molecule has 2 aromatic carbocycles. The summed E-state index contributed by atoms with van der Waals surface area (Å²) >= 11 is 6.04. The third-order valence-corrected chi connectivity index (χ3v) is 6.73. The number of amides is 3. The second-order valence-electron chi connectivity index (χ2n) is 9.28. The SMILES string of the molecule is Cc1cc(C)c(C(=O)N(C)C)cc1NC(=O)N1CCC[C@@H]1c1nnc(C)n1Cc1ccc(Cl)cc1. The Labute approximate surface area is 210 Å². The zero-order valence-electron chi connectivity index (χ0n) is 20.8. The third kappa shape index (κ3) is 5.17. The lowest BCUT2D eigenvalue weighted by Crippen LogP contribution is -2.36. The van der Waals surface area contributed by atoms with Crippen molar-refractivity contribution in [3.05, 3.63) is 75.3 Å². The molecule has 9 heteroatoms. The quantitative estimate of drug-likeness (QED) is 0.542. The molecule has 0 aliphatic carbocycles. The van der Waals surface area contributed by atoms with Crippen molar-refractivity contribution in [2.45, 2.75) is 46.2 Å². The van der Waals surface area contributed by atoms with Crippen LogP contribution in [0.25, 0.3) is 0 Å². The minimum Gasteiger partial charge on any atom is -0.345 e. The van der Waals surface area contributed by atoms with E-state index in [2.05, 4.69) is 20.1 Å². The minimum atomic E-state index is -0.207. The summed E-state index contributed by atoms with van der Waals surface area (Å²) in [5, 5.41) is 12.5. The van der Waals surface area contributed by atoms with Gasteiger partial charge in [-0.1, -0.05) is 29.8 Å². The molecule has 4 rings (SSSR count). The predicted molar refractivity (Wildman–Crippen MR) is 137 cm³/mol. The Hall–Kier alpha value is -3.39. The molecule has 1 aliphatic heterocycles. The largest absolute Gasteiger partial charge is 0.345 e. The molecule has 8 nitrogen and oxygen atoms in total. The summed E-state index contributed by atoms with van der Waals surface area (Å²) in [7, 11) is 3.44. The molecule has 1 aromatic heterocycles. The van der Waals surface area contributed by atoms with Gasteiger partial charge in [-0.2, -0.15) is 0 Å². The molecule has 1 N–H and O–H groups in total. The van der Waals surface area contributed by atoms with Crippen molar-refractivity contribution >= 4 is 29.2 Å². The Morgan fingerprint density at radius 1 is 1.09 bits per heavy atom. The number of nitrogens with one attached hydrogen (secondary N) is 1. The number of hydrogen-bond acceptors (Lipinski definition) is 4. The van der Waals surface area contributed by atoms with Gasteiger partial charge in [0, 0.05) is 36.9 Å². The highest BCUT2D eigenvalue weighted by Gasteiger charge is 2.34. The molecule has 1 aliphatic rings. The van der Waals surface area contributed by atoms with Crippen molar-refractivity contribution in [2.75, 3.05) is 26.0 Å². The van der Waals surface area contributed by atoms with Crippen LogP contribution in [0.5, 0.6) is 0 Å². The van der Waals surface area contributed by atoms with Gasteiger partial charge in [-0.25, -0.2) is 4.79 Å². The number of likely N-dealkylation sites (tertiary alicyclic amines) is 1. The van der Waals surface area contributed by atoms with Crippen LogP contribution in [0, 0.1) is 20.8 Å². The van der Waals surface area contributed by atoms with Crippen molar-refractivity contribution in [2.24, 2.45) is 0 Å². The third-order valence-electron chi connectivity index (χ3n) is 6.48. The van der Waals surface area contributed by atoms with Gasteiger partial charge in [0.15, 0.2) is 5.82 Å². The molecule has 0 spiro atoms. The number of aryl methyl sites for hydroxylation is 3. The van der Waals surface area contributed by atoms with E-state index in [1.807, 2.05) is 56.0 Å². The van der Waals surface area contributed by atoms with Gasteiger partial charge >= 0.3 is 6.03 Å². The highest BCUT2D eigenvalue weighted by molar-refractivity contribution is 6.30. The highest BCUT2D eigenvalue weighted by Crippen LogP contribution is 2.33. The normalized spacial score (nSPS) is 15.4. The topological polar surface area (TPSA) is 83.4 Å². The first-order valence-corrected chi connectivity index (χ1v) is 12.1. The lowest BCUT2D eigenvalue weighted by molar-refractivity contribution is 0.0827. The maximum atomic E-state index is 13.4. The summed E-state index contributed by atoms with van der Waals surface area (Å²) in [5.74, 6) is 1.47. The van der Waals surface area contributed by atoms with E-state index in [-0.39, 0.29) is 18.0 Å². The fraction of sp³-hybridized carbons (Fsp3) is 0.385. The van der Waals surface area contributed by atoms with E-state index in [1.165, 1.54) is 4.90 Å². The number of rotatable bonds is 5. The van der Waals surface area contributed by atoms with E-state index in [0.29, 0.717) is 29.4 Å². The van der Waals surface area contributed by atoms with Gasteiger partial charge < -0.3 is 19.7 Å². The Bertz CT molecular complexity index is 1250. The second-order valence-corrected chi connectivity index (χ2v) is 9.72. The number of carbonyl (C=O) groups is 2. The van der Waals surface area contributed by atoms with Crippen molar-refractivity contribution < 1.29 is 9.59 Å². The smallest absolute Gasteiger partial charge is 0.322 e. The van der Waals surface area contributed by atoms with E-state index in [1.54, 1.807) is 20.2 Å². The summed E-state index contributed by atoms with van der Waals surface area (Å²) < 4.78 is 2.06. The van der Waals surface area contributed by atoms with Crippen LogP contribution < -0.4 is 5.32 Å². The van der Waals surface area contributed by atoms with Crippen LogP contribution in [0.1, 0.15) is 57.6 Å². The van der Waals surface area contributed by atoms with E-state index in [0.717, 1.165) is 41.2 Å². The van der Waals surface area contributed by atoms with Crippen molar-refractivity contribution in [1.82, 2.24) is 24.6 Å². The average Bonchev–Trinajstić information content (AvgIpc) is 3.43. The molecular formula is C26H31ClN6O2. The number of benzene rings is 2. The first kappa shape index (κ1) is 24.7. The van der Waals surface area contributed by atoms with Gasteiger partial charge in [0.05, 0.1) is 12.6 Å². The van der Waals surface area contributed by atoms with Gasteiger partial charge in [0.25, 0.3) is 5.91 Å². The van der Waals surface area contributed by atoms with E-state index >= 15 is 0 Å². The van der Waals surface area contributed by atoms with Crippen LogP contribution in [0.2, 0.25) is 5.02 Å². The Morgan fingerprint density at radius 3 is 2.49 bits per heavy atom. The molecule has 1 atom stereocenters. The molecule has 0 radical (unpaired) electrons. The van der Waals surface area contributed by atoms with Gasteiger partial charge in [-0.05, 0) is 68.5 Å². The lowest BCUT2D eigenvalue weighted by Gasteiger charge is -2.26. The number of nitrogens with zero attached hydrogens (tertiary/aromatic N) is 5. The Morgan fingerprint density at radius 2 is 1.80 bits per heavy atom. The monoisotopic (exact) mass is 494 g/mol. The molecule has 1 saturated heterocycles. The van der Waals surface area contributed by atoms with Crippen LogP contribution in [-0.4, -0.2) is 57.1 Å². The molecule has 3 amide bonds. The Balaban J connectivity index is 1.58. The molecular weight excluding hydrogens is 464 g/mol. The number of hydrogen-bond donors (Lipinski definition) is 1. The summed E-state index contributed by atoms with van der Waals surface area (Å²) in [6, 6.07) is 11.0. The molecule has 35 heavy (non-hydrogen) atoms. The number of halogens is 1. The van der Waals surface area contributed by atoms with E-state index in [4.69, 9.17) is 11.6 Å². The van der Waals surface area contributed by atoms with Crippen LogP contribution in [-0.2, 0) is 6.54 Å². The first-order valence-electron chi connectivity index (χ1n) is 11.7. The van der Waals surface area contributed by atoms with Crippen LogP contribution >= 0.6 is 11.6 Å².